The highest BCUT2D eigenvalue weighted by Gasteiger charge is 2.36. The van der Waals surface area contributed by atoms with Crippen LogP contribution >= 0.6 is 11.6 Å². The number of nitrogens with zero attached hydrogens (tertiary/aromatic N) is 1. The van der Waals surface area contributed by atoms with E-state index in [1.54, 1.807) is 29.2 Å². The van der Waals surface area contributed by atoms with E-state index in [-0.39, 0.29) is 11.8 Å². The Balaban J connectivity index is 1.71. The molecule has 2 aromatic rings. The number of halogens is 1. The summed E-state index contributed by atoms with van der Waals surface area (Å²) in [7, 11) is 0. The van der Waals surface area contributed by atoms with Crippen molar-refractivity contribution in [3.8, 4) is 0 Å². The molecule has 1 fully saturated rings. The summed E-state index contributed by atoms with van der Waals surface area (Å²) in [4.78, 5) is 26.2. The third kappa shape index (κ3) is 3.54. The van der Waals surface area contributed by atoms with Gasteiger partial charge in [-0.15, -0.1) is 0 Å². The van der Waals surface area contributed by atoms with Gasteiger partial charge in [0.2, 0.25) is 11.8 Å². The van der Waals surface area contributed by atoms with Crippen LogP contribution in [0.2, 0.25) is 5.02 Å². The van der Waals surface area contributed by atoms with Crippen LogP contribution in [-0.4, -0.2) is 17.9 Å². The Morgan fingerprint density at radius 3 is 2.52 bits per heavy atom. The fraction of sp³-hybridized carbons (Fsp3) is 0.222. The zero-order valence-electron chi connectivity index (χ0n) is 12.5. The maximum absolute atomic E-state index is 12.5. The van der Waals surface area contributed by atoms with Gasteiger partial charge < -0.3 is 5.32 Å². The molecule has 1 aliphatic rings. The Bertz CT molecular complexity index is 701. The number of hydrogen-bond acceptors (Lipinski definition) is 2. The number of anilines is 1. The third-order valence-electron chi connectivity index (χ3n) is 3.93. The normalized spacial score (nSPS) is 17.3. The molecule has 0 saturated carbocycles. The van der Waals surface area contributed by atoms with E-state index in [0.29, 0.717) is 30.1 Å². The first-order valence-electron chi connectivity index (χ1n) is 7.54. The van der Waals surface area contributed by atoms with Gasteiger partial charge in [-0.1, -0.05) is 41.9 Å². The van der Waals surface area contributed by atoms with Crippen molar-refractivity contribution in [1.82, 2.24) is 5.32 Å². The Hall–Kier alpha value is -2.33. The molecule has 0 aliphatic carbocycles. The molecule has 2 aromatic carbocycles. The summed E-state index contributed by atoms with van der Waals surface area (Å²) in [6.45, 7) is 0.457. The van der Waals surface area contributed by atoms with Gasteiger partial charge in [-0.05, 0) is 36.2 Å². The first-order chi connectivity index (χ1) is 11.1. The lowest BCUT2D eigenvalue weighted by atomic mass is 10.1. The van der Waals surface area contributed by atoms with Crippen molar-refractivity contribution in [2.24, 2.45) is 0 Å². The van der Waals surface area contributed by atoms with E-state index >= 15 is 0 Å². The van der Waals surface area contributed by atoms with Crippen LogP contribution in [0, 0.1) is 0 Å². The summed E-state index contributed by atoms with van der Waals surface area (Å²) in [5.74, 6) is -0.165. The number of carbonyl (C=O) groups excluding carboxylic acids is 2. The first-order valence-corrected chi connectivity index (χ1v) is 7.92. The zero-order valence-corrected chi connectivity index (χ0v) is 13.3. The highest BCUT2D eigenvalue weighted by molar-refractivity contribution is 6.30. The van der Waals surface area contributed by atoms with Gasteiger partial charge in [-0.25, -0.2) is 0 Å². The number of hydrogen-bond donors (Lipinski definition) is 1. The van der Waals surface area contributed by atoms with Crippen LogP contribution in [0.3, 0.4) is 0 Å². The molecule has 2 amide bonds. The molecule has 5 heteroatoms. The van der Waals surface area contributed by atoms with Gasteiger partial charge in [0.25, 0.3) is 0 Å². The Kier molecular flexibility index (Phi) is 4.63. The largest absolute Gasteiger partial charge is 0.350 e. The van der Waals surface area contributed by atoms with Crippen molar-refractivity contribution in [2.45, 2.75) is 25.4 Å². The van der Waals surface area contributed by atoms with Gasteiger partial charge in [0.1, 0.15) is 6.04 Å². The topological polar surface area (TPSA) is 49.4 Å². The molecule has 1 atom stereocenters. The summed E-state index contributed by atoms with van der Waals surface area (Å²) in [6.07, 6.45) is 0.911. The summed E-state index contributed by atoms with van der Waals surface area (Å²) in [5.41, 5.74) is 1.74. The van der Waals surface area contributed by atoms with Crippen LogP contribution < -0.4 is 10.2 Å². The molecule has 1 heterocycles. The predicted octanol–water partition coefficient (Wildman–Crippen LogP) is 3.15. The van der Waals surface area contributed by atoms with E-state index < -0.39 is 6.04 Å². The van der Waals surface area contributed by atoms with Gasteiger partial charge in [0.15, 0.2) is 0 Å². The molecule has 0 bridgehead atoms. The van der Waals surface area contributed by atoms with Crippen LogP contribution in [0.4, 0.5) is 5.69 Å². The molecule has 23 heavy (non-hydrogen) atoms. The van der Waals surface area contributed by atoms with Crippen molar-refractivity contribution in [3.63, 3.8) is 0 Å². The minimum atomic E-state index is -0.465. The quantitative estimate of drug-likeness (QED) is 0.937. The van der Waals surface area contributed by atoms with E-state index in [2.05, 4.69) is 5.32 Å². The van der Waals surface area contributed by atoms with E-state index in [4.69, 9.17) is 11.6 Å². The van der Waals surface area contributed by atoms with Crippen molar-refractivity contribution >= 4 is 29.1 Å². The molecular formula is C18H17ClN2O2. The minimum absolute atomic E-state index is 0.0350. The van der Waals surface area contributed by atoms with Gasteiger partial charge in [0.05, 0.1) is 0 Å². The fourth-order valence-electron chi connectivity index (χ4n) is 2.76. The third-order valence-corrected chi connectivity index (χ3v) is 4.18. The second-order valence-corrected chi connectivity index (χ2v) is 5.93. The Morgan fingerprint density at radius 1 is 1.13 bits per heavy atom. The molecule has 118 valence electrons. The molecule has 1 aliphatic heterocycles. The lowest BCUT2D eigenvalue weighted by molar-refractivity contribution is -0.124. The zero-order chi connectivity index (χ0) is 16.2. The maximum Gasteiger partial charge on any atom is 0.243 e. The monoisotopic (exact) mass is 328 g/mol. The predicted molar refractivity (Wildman–Crippen MR) is 90.2 cm³/mol. The molecule has 4 nitrogen and oxygen atoms in total. The smallest absolute Gasteiger partial charge is 0.243 e. The number of benzene rings is 2. The summed E-state index contributed by atoms with van der Waals surface area (Å²) < 4.78 is 0. The Labute approximate surface area is 140 Å². The van der Waals surface area contributed by atoms with Crippen molar-refractivity contribution in [2.75, 3.05) is 4.90 Å². The van der Waals surface area contributed by atoms with Crippen molar-refractivity contribution in [3.05, 3.63) is 65.2 Å². The second-order valence-electron chi connectivity index (χ2n) is 5.50. The molecule has 0 radical (unpaired) electrons. The van der Waals surface area contributed by atoms with Crippen molar-refractivity contribution in [1.29, 1.82) is 0 Å². The average molecular weight is 329 g/mol. The molecule has 0 spiro atoms. The SMILES string of the molecule is O=C(NCc1ccccc1)C1CCC(=O)N1c1ccc(Cl)cc1. The van der Waals surface area contributed by atoms with E-state index in [0.717, 1.165) is 5.56 Å². The molecule has 1 N–H and O–H groups in total. The molecule has 1 unspecified atom stereocenters. The van der Waals surface area contributed by atoms with Crippen LogP contribution in [0.5, 0.6) is 0 Å². The minimum Gasteiger partial charge on any atom is -0.350 e. The fourth-order valence-corrected chi connectivity index (χ4v) is 2.89. The standard InChI is InChI=1S/C18H17ClN2O2/c19-14-6-8-15(9-7-14)21-16(10-11-17(21)22)18(23)20-12-13-4-2-1-3-5-13/h1-9,16H,10-12H2,(H,20,23). The number of nitrogens with one attached hydrogen (secondary N) is 1. The lowest BCUT2D eigenvalue weighted by Gasteiger charge is -2.24. The van der Waals surface area contributed by atoms with E-state index in [1.807, 2.05) is 30.3 Å². The summed E-state index contributed by atoms with van der Waals surface area (Å²) >= 11 is 5.89. The summed E-state index contributed by atoms with van der Waals surface area (Å²) in [6, 6.07) is 16.2. The van der Waals surface area contributed by atoms with Crippen LogP contribution in [-0.2, 0) is 16.1 Å². The van der Waals surface area contributed by atoms with Crippen LogP contribution in [0.15, 0.2) is 54.6 Å². The molecule has 1 saturated heterocycles. The molecule has 3 rings (SSSR count). The van der Waals surface area contributed by atoms with Crippen molar-refractivity contribution < 1.29 is 9.59 Å². The average Bonchev–Trinajstić information content (AvgIpc) is 2.96. The summed E-state index contributed by atoms with van der Waals surface area (Å²) in [5, 5.41) is 3.52. The van der Waals surface area contributed by atoms with Gasteiger partial charge in [0, 0.05) is 23.7 Å². The van der Waals surface area contributed by atoms with E-state index in [1.165, 1.54) is 0 Å². The number of carbonyl (C=O) groups is 2. The van der Waals surface area contributed by atoms with Gasteiger partial charge >= 0.3 is 0 Å². The lowest BCUT2D eigenvalue weighted by Crippen LogP contribution is -2.44. The van der Waals surface area contributed by atoms with Gasteiger partial charge in [-0.2, -0.15) is 0 Å². The van der Waals surface area contributed by atoms with Crippen LogP contribution in [0.1, 0.15) is 18.4 Å². The number of amides is 2. The second kappa shape index (κ2) is 6.84. The van der Waals surface area contributed by atoms with E-state index in [9.17, 15) is 9.59 Å². The van der Waals surface area contributed by atoms with Gasteiger partial charge in [-0.3, -0.25) is 14.5 Å². The first kappa shape index (κ1) is 15.6. The highest BCUT2D eigenvalue weighted by Crippen LogP contribution is 2.28. The molecule has 0 aromatic heterocycles. The number of rotatable bonds is 4. The maximum atomic E-state index is 12.5. The Morgan fingerprint density at radius 2 is 1.83 bits per heavy atom. The molecular weight excluding hydrogens is 312 g/mol. The highest BCUT2D eigenvalue weighted by atomic mass is 35.5. The van der Waals surface area contributed by atoms with Crippen LogP contribution in [0.25, 0.3) is 0 Å².